The van der Waals surface area contributed by atoms with Gasteiger partial charge >= 0.3 is 0 Å². The number of aryl methyl sites for hydroxylation is 1. The second-order valence-electron chi connectivity index (χ2n) is 3.65. The highest BCUT2D eigenvalue weighted by atomic mass is 32.1. The number of hydrogen-bond donors (Lipinski definition) is 1. The fourth-order valence-corrected chi connectivity index (χ4v) is 2.52. The van der Waals surface area contributed by atoms with Crippen molar-refractivity contribution in [1.29, 1.82) is 0 Å². The summed E-state index contributed by atoms with van der Waals surface area (Å²) in [7, 11) is 0. The molecule has 6 nitrogen and oxygen atoms in total. The van der Waals surface area contributed by atoms with E-state index in [-0.39, 0.29) is 0 Å². The standard InChI is InChI=1S/C10H9N5OS2/c1-6-11-8(14-16-6)5-15-9(12-13-10(15)17)7-3-2-4-18-7/h2-4H,5H2,1H3,(H,13,17). The minimum absolute atomic E-state index is 0.444. The molecule has 3 heterocycles. The van der Waals surface area contributed by atoms with Crippen LogP contribution in [0.15, 0.2) is 22.0 Å². The van der Waals surface area contributed by atoms with Gasteiger partial charge in [-0.15, -0.1) is 11.3 Å². The Hall–Kier alpha value is -1.80. The Morgan fingerprint density at radius 1 is 1.56 bits per heavy atom. The van der Waals surface area contributed by atoms with Crippen LogP contribution in [0.4, 0.5) is 0 Å². The monoisotopic (exact) mass is 279 g/mol. The quantitative estimate of drug-likeness (QED) is 0.745. The normalized spacial score (nSPS) is 10.9. The first-order valence-electron chi connectivity index (χ1n) is 5.22. The number of hydrogen-bond acceptors (Lipinski definition) is 6. The summed E-state index contributed by atoms with van der Waals surface area (Å²) in [6.45, 7) is 2.20. The summed E-state index contributed by atoms with van der Waals surface area (Å²) in [5.41, 5.74) is 0. The highest BCUT2D eigenvalue weighted by Gasteiger charge is 2.12. The lowest BCUT2D eigenvalue weighted by Gasteiger charge is -2.01. The van der Waals surface area contributed by atoms with Gasteiger partial charge < -0.3 is 4.52 Å². The molecule has 0 bridgehead atoms. The molecular formula is C10H9N5OS2. The molecule has 0 aliphatic rings. The lowest BCUT2D eigenvalue weighted by molar-refractivity contribution is 0.386. The molecule has 0 aromatic carbocycles. The van der Waals surface area contributed by atoms with E-state index in [9.17, 15) is 0 Å². The van der Waals surface area contributed by atoms with Gasteiger partial charge in [0.25, 0.3) is 0 Å². The number of H-pyrrole nitrogens is 1. The minimum Gasteiger partial charge on any atom is -0.340 e. The van der Waals surface area contributed by atoms with Crippen LogP contribution in [0.2, 0.25) is 0 Å². The maximum absolute atomic E-state index is 5.22. The van der Waals surface area contributed by atoms with Crippen molar-refractivity contribution in [1.82, 2.24) is 24.9 Å². The summed E-state index contributed by atoms with van der Waals surface area (Å²) in [6, 6.07) is 3.97. The molecule has 0 aliphatic heterocycles. The number of thiophene rings is 1. The number of aromatic nitrogens is 5. The van der Waals surface area contributed by atoms with Gasteiger partial charge in [0, 0.05) is 6.92 Å². The van der Waals surface area contributed by atoms with Crippen LogP contribution in [0.5, 0.6) is 0 Å². The second kappa shape index (κ2) is 4.46. The van der Waals surface area contributed by atoms with Gasteiger partial charge in [-0.1, -0.05) is 11.2 Å². The Morgan fingerprint density at radius 2 is 2.44 bits per heavy atom. The van der Waals surface area contributed by atoms with Crippen molar-refractivity contribution in [2.75, 3.05) is 0 Å². The predicted molar refractivity (Wildman–Crippen MR) is 68.9 cm³/mol. The molecule has 92 valence electrons. The van der Waals surface area contributed by atoms with E-state index >= 15 is 0 Å². The molecule has 0 atom stereocenters. The Bertz CT molecular complexity index is 709. The zero-order chi connectivity index (χ0) is 12.5. The zero-order valence-corrected chi connectivity index (χ0v) is 11.1. The van der Waals surface area contributed by atoms with E-state index in [0.29, 0.717) is 23.0 Å². The summed E-state index contributed by atoms with van der Waals surface area (Å²) in [6.07, 6.45) is 0. The highest BCUT2D eigenvalue weighted by Crippen LogP contribution is 2.23. The second-order valence-corrected chi connectivity index (χ2v) is 4.98. The molecule has 1 N–H and O–H groups in total. The molecule has 0 saturated heterocycles. The van der Waals surface area contributed by atoms with Crippen LogP contribution < -0.4 is 0 Å². The van der Waals surface area contributed by atoms with Crippen molar-refractivity contribution in [3.05, 3.63) is 34.0 Å². The molecule has 0 radical (unpaired) electrons. The summed E-state index contributed by atoms with van der Waals surface area (Å²) in [5.74, 6) is 1.91. The summed E-state index contributed by atoms with van der Waals surface area (Å²) in [5, 5.41) is 12.9. The first-order valence-corrected chi connectivity index (χ1v) is 6.51. The molecule has 0 aliphatic carbocycles. The lowest BCUT2D eigenvalue weighted by atomic mass is 10.4. The molecule has 3 aromatic heterocycles. The third-order valence-corrected chi connectivity index (χ3v) is 3.55. The molecule has 3 aromatic rings. The zero-order valence-electron chi connectivity index (χ0n) is 9.45. The molecule has 18 heavy (non-hydrogen) atoms. The number of rotatable bonds is 3. The number of nitrogens with zero attached hydrogens (tertiary/aromatic N) is 4. The van der Waals surface area contributed by atoms with Crippen LogP contribution in [-0.4, -0.2) is 24.9 Å². The highest BCUT2D eigenvalue weighted by molar-refractivity contribution is 7.71. The van der Waals surface area contributed by atoms with Crippen LogP contribution in [0, 0.1) is 11.7 Å². The van der Waals surface area contributed by atoms with Gasteiger partial charge in [-0.3, -0.25) is 9.67 Å². The van der Waals surface area contributed by atoms with Gasteiger partial charge in [0.1, 0.15) is 0 Å². The van der Waals surface area contributed by atoms with Crippen molar-refractivity contribution in [3.63, 3.8) is 0 Å². The van der Waals surface area contributed by atoms with E-state index in [1.807, 2.05) is 22.1 Å². The molecule has 3 rings (SSSR count). The van der Waals surface area contributed by atoms with Crippen molar-refractivity contribution < 1.29 is 4.52 Å². The van der Waals surface area contributed by atoms with Crippen LogP contribution in [0.25, 0.3) is 10.7 Å². The van der Waals surface area contributed by atoms with Gasteiger partial charge in [-0.05, 0) is 23.7 Å². The third-order valence-electron chi connectivity index (χ3n) is 2.37. The van der Waals surface area contributed by atoms with Crippen molar-refractivity contribution in [2.45, 2.75) is 13.5 Å². The first-order chi connectivity index (χ1) is 8.74. The van der Waals surface area contributed by atoms with Crippen molar-refractivity contribution in [2.24, 2.45) is 0 Å². The Kier molecular flexibility index (Phi) is 2.80. The Labute approximate surface area is 111 Å². The van der Waals surface area contributed by atoms with E-state index in [1.165, 1.54) is 0 Å². The topological polar surface area (TPSA) is 72.5 Å². The summed E-state index contributed by atoms with van der Waals surface area (Å²) in [4.78, 5) is 5.21. The molecular weight excluding hydrogens is 270 g/mol. The Morgan fingerprint density at radius 3 is 3.11 bits per heavy atom. The van der Waals surface area contributed by atoms with Gasteiger partial charge in [0.05, 0.1) is 11.4 Å². The fourth-order valence-electron chi connectivity index (χ4n) is 1.61. The SMILES string of the molecule is Cc1nc(Cn2c(-c3cccs3)n[nH]c2=S)no1. The van der Waals surface area contributed by atoms with E-state index in [1.54, 1.807) is 18.3 Å². The van der Waals surface area contributed by atoms with E-state index in [0.717, 1.165) is 10.7 Å². The third kappa shape index (κ3) is 2.00. The molecule has 0 unspecified atom stereocenters. The van der Waals surface area contributed by atoms with Gasteiger partial charge in [0.2, 0.25) is 5.89 Å². The van der Waals surface area contributed by atoms with Crippen molar-refractivity contribution in [3.8, 4) is 10.7 Å². The minimum atomic E-state index is 0.444. The van der Waals surface area contributed by atoms with Gasteiger partial charge in [-0.25, -0.2) is 0 Å². The molecule has 0 spiro atoms. The molecule has 0 fully saturated rings. The van der Waals surface area contributed by atoms with Gasteiger partial charge in [-0.2, -0.15) is 10.1 Å². The number of nitrogens with one attached hydrogen (secondary N) is 1. The number of aromatic amines is 1. The van der Waals surface area contributed by atoms with Crippen LogP contribution in [-0.2, 0) is 6.54 Å². The van der Waals surface area contributed by atoms with Crippen LogP contribution in [0.1, 0.15) is 11.7 Å². The summed E-state index contributed by atoms with van der Waals surface area (Å²) >= 11 is 6.82. The van der Waals surface area contributed by atoms with E-state index in [2.05, 4.69) is 20.3 Å². The van der Waals surface area contributed by atoms with Crippen LogP contribution in [0.3, 0.4) is 0 Å². The fraction of sp³-hybridized carbons (Fsp3) is 0.200. The summed E-state index contributed by atoms with van der Waals surface area (Å²) < 4.78 is 7.34. The maximum Gasteiger partial charge on any atom is 0.223 e. The molecule has 0 saturated carbocycles. The first kappa shape index (κ1) is 11.3. The maximum atomic E-state index is 5.22. The Balaban J connectivity index is 2.01. The molecule has 0 amide bonds. The van der Waals surface area contributed by atoms with Crippen molar-refractivity contribution >= 4 is 23.6 Å². The van der Waals surface area contributed by atoms with Crippen LogP contribution >= 0.6 is 23.6 Å². The largest absolute Gasteiger partial charge is 0.340 e. The average Bonchev–Trinajstić information content (AvgIpc) is 3.03. The predicted octanol–water partition coefficient (Wildman–Crippen LogP) is 2.41. The average molecular weight is 279 g/mol. The van der Waals surface area contributed by atoms with E-state index in [4.69, 9.17) is 16.7 Å². The van der Waals surface area contributed by atoms with E-state index < -0.39 is 0 Å². The smallest absolute Gasteiger partial charge is 0.223 e. The van der Waals surface area contributed by atoms with Gasteiger partial charge in [0.15, 0.2) is 16.4 Å². The molecule has 8 heteroatoms. The lowest BCUT2D eigenvalue weighted by Crippen LogP contribution is -2.03.